The van der Waals surface area contributed by atoms with E-state index in [-0.39, 0.29) is 11.4 Å². The number of carbonyl (C=O) groups is 1. The topological polar surface area (TPSA) is 102 Å². The number of alkyl halides is 2. The van der Waals surface area contributed by atoms with E-state index in [1.54, 1.807) is 6.92 Å². The summed E-state index contributed by atoms with van der Waals surface area (Å²) in [6.45, 7) is 5.85. The molecule has 1 aliphatic heterocycles. The first-order valence-corrected chi connectivity index (χ1v) is 8.05. The van der Waals surface area contributed by atoms with Crippen LogP contribution in [0.15, 0.2) is 47.9 Å². The molecule has 0 fully saturated rings. The highest BCUT2D eigenvalue weighted by atomic mass is 19.3. The van der Waals surface area contributed by atoms with Crippen molar-refractivity contribution in [3.8, 4) is 0 Å². The van der Waals surface area contributed by atoms with Crippen LogP contribution in [-0.2, 0) is 10.3 Å². The standard InChI is InChI=1S/C18H16F3N5O2/c1-9-7-24-14(8-23-9)15(27)25-11-4-5-13(19)12(6-11)17(3)18(20,21)10(2)28-16(22)26-17/h4-8H,2H2,1,3H3,(H2,22,26)(H,25,27)/t17-/m1/s1. The first kappa shape index (κ1) is 19.3. The van der Waals surface area contributed by atoms with E-state index in [9.17, 15) is 18.0 Å². The first-order chi connectivity index (χ1) is 13.0. The Bertz CT molecular complexity index is 991. The Kier molecular flexibility index (Phi) is 4.58. The fraction of sp³-hybridized carbons (Fsp3) is 0.222. The number of amides is 1. The summed E-state index contributed by atoms with van der Waals surface area (Å²) in [6.07, 6.45) is 2.66. The molecule has 1 aromatic carbocycles. The Morgan fingerprint density at radius 3 is 2.64 bits per heavy atom. The average molecular weight is 391 g/mol. The molecule has 0 saturated carbocycles. The van der Waals surface area contributed by atoms with Crippen molar-refractivity contribution in [3.05, 3.63) is 65.7 Å². The monoisotopic (exact) mass is 391 g/mol. The number of nitrogens with two attached hydrogens (primary N) is 1. The number of carbonyl (C=O) groups excluding carboxylic acids is 1. The quantitative estimate of drug-likeness (QED) is 0.838. The van der Waals surface area contributed by atoms with E-state index in [0.717, 1.165) is 19.1 Å². The Morgan fingerprint density at radius 1 is 1.29 bits per heavy atom. The predicted octanol–water partition coefficient (Wildman–Crippen LogP) is 2.89. The molecule has 2 heterocycles. The van der Waals surface area contributed by atoms with E-state index >= 15 is 0 Å². The molecule has 1 atom stereocenters. The van der Waals surface area contributed by atoms with Gasteiger partial charge in [0, 0.05) is 17.4 Å². The number of nitrogens with one attached hydrogen (secondary N) is 1. The third-order valence-electron chi connectivity index (χ3n) is 4.29. The number of amidine groups is 1. The number of hydrogen-bond donors (Lipinski definition) is 2. The van der Waals surface area contributed by atoms with Gasteiger partial charge in [-0.15, -0.1) is 0 Å². The third kappa shape index (κ3) is 3.17. The number of benzene rings is 1. The molecule has 3 N–H and O–H groups in total. The SMILES string of the molecule is C=C1OC(N)=N[C@](C)(c2cc(NC(=O)c3cnc(C)cn3)ccc2F)C1(F)F. The summed E-state index contributed by atoms with van der Waals surface area (Å²) in [7, 11) is 0. The summed E-state index contributed by atoms with van der Waals surface area (Å²) in [5.74, 6) is -6.30. The number of aromatic nitrogens is 2. The molecule has 0 unspecified atom stereocenters. The van der Waals surface area contributed by atoms with E-state index in [2.05, 4.69) is 31.6 Å². The number of aryl methyl sites for hydroxylation is 1. The second-order valence-electron chi connectivity index (χ2n) is 6.31. The number of aliphatic imine (C=N–C) groups is 1. The van der Waals surface area contributed by atoms with Crippen LogP contribution < -0.4 is 11.1 Å². The largest absolute Gasteiger partial charge is 0.425 e. The van der Waals surface area contributed by atoms with Gasteiger partial charge in [-0.05, 0) is 32.0 Å². The number of ether oxygens (including phenoxy) is 1. The minimum atomic E-state index is -3.75. The summed E-state index contributed by atoms with van der Waals surface area (Å²) >= 11 is 0. The summed E-state index contributed by atoms with van der Waals surface area (Å²) in [5.41, 5.74) is 3.23. The van der Waals surface area contributed by atoms with Gasteiger partial charge < -0.3 is 15.8 Å². The Hall–Kier alpha value is -3.43. The van der Waals surface area contributed by atoms with Gasteiger partial charge in [-0.25, -0.2) is 14.4 Å². The van der Waals surface area contributed by atoms with E-state index in [1.807, 2.05) is 0 Å². The fourth-order valence-electron chi connectivity index (χ4n) is 2.69. The van der Waals surface area contributed by atoms with Crippen LogP contribution >= 0.6 is 0 Å². The molecule has 146 valence electrons. The maximum Gasteiger partial charge on any atom is 0.332 e. The smallest absolute Gasteiger partial charge is 0.332 e. The van der Waals surface area contributed by atoms with Crippen LogP contribution in [0.25, 0.3) is 0 Å². The molecule has 0 radical (unpaired) electrons. The zero-order valence-corrected chi connectivity index (χ0v) is 15.0. The van der Waals surface area contributed by atoms with Gasteiger partial charge in [0.05, 0.1) is 11.9 Å². The van der Waals surface area contributed by atoms with Gasteiger partial charge in [0.2, 0.25) is 0 Å². The van der Waals surface area contributed by atoms with Crippen molar-refractivity contribution in [1.29, 1.82) is 0 Å². The van der Waals surface area contributed by atoms with E-state index < -0.39 is 40.5 Å². The van der Waals surface area contributed by atoms with Gasteiger partial charge in [-0.3, -0.25) is 9.78 Å². The van der Waals surface area contributed by atoms with Gasteiger partial charge >= 0.3 is 5.92 Å². The predicted molar refractivity (Wildman–Crippen MR) is 95.3 cm³/mol. The van der Waals surface area contributed by atoms with E-state index in [4.69, 9.17) is 5.73 Å². The number of rotatable bonds is 3. The molecule has 2 aromatic rings. The zero-order chi connectivity index (χ0) is 20.7. The Morgan fingerprint density at radius 2 is 2.00 bits per heavy atom. The van der Waals surface area contributed by atoms with Crippen molar-refractivity contribution >= 4 is 17.6 Å². The van der Waals surface area contributed by atoms with Crippen molar-refractivity contribution < 1.29 is 22.7 Å². The Labute approximate surface area is 158 Å². The van der Waals surface area contributed by atoms with Gasteiger partial charge in [-0.2, -0.15) is 8.78 Å². The molecular formula is C18H16F3N5O2. The molecule has 28 heavy (non-hydrogen) atoms. The van der Waals surface area contributed by atoms with Gasteiger partial charge in [0.15, 0.2) is 11.3 Å². The number of hydrogen-bond acceptors (Lipinski definition) is 6. The Balaban J connectivity index is 2.00. The molecule has 0 saturated heterocycles. The van der Waals surface area contributed by atoms with Crippen LogP contribution in [-0.4, -0.2) is 27.8 Å². The van der Waals surface area contributed by atoms with Crippen LogP contribution in [0.1, 0.15) is 28.7 Å². The minimum absolute atomic E-state index is 0.00901. The normalized spacial score (nSPS) is 20.9. The highest BCUT2D eigenvalue weighted by molar-refractivity contribution is 6.02. The van der Waals surface area contributed by atoms with Crippen LogP contribution in [0, 0.1) is 12.7 Å². The van der Waals surface area contributed by atoms with Crippen molar-refractivity contribution in [2.24, 2.45) is 10.7 Å². The van der Waals surface area contributed by atoms with Gasteiger partial charge in [0.25, 0.3) is 11.9 Å². The minimum Gasteiger partial charge on any atom is -0.425 e. The first-order valence-electron chi connectivity index (χ1n) is 8.05. The summed E-state index contributed by atoms with van der Waals surface area (Å²) < 4.78 is 48.5. The molecular weight excluding hydrogens is 375 g/mol. The lowest BCUT2D eigenvalue weighted by molar-refractivity contribution is -0.0746. The van der Waals surface area contributed by atoms with Gasteiger partial charge in [-0.1, -0.05) is 6.58 Å². The maximum absolute atomic E-state index is 14.7. The molecule has 10 heteroatoms. The van der Waals surface area contributed by atoms with E-state index in [1.165, 1.54) is 18.5 Å². The highest BCUT2D eigenvalue weighted by Crippen LogP contribution is 2.48. The molecule has 0 aliphatic carbocycles. The number of halogens is 3. The highest BCUT2D eigenvalue weighted by Gasteiger charge is 2.59. The summed E-state index contributed by atoms with van der Waals surface area (Å²) in [5, 5.41) is 2.46. The molecule has 0 spiro atoms. The molecule has 1 amide bonds. The van der Waals surface area contributed by atoms with Crippen LogP contribution in [0.2, 0.25) is 0 Å². The van der Waals surface area contributed by atoms with Crippen LogP contribution in [0.4, 0.5) is 18.9 Å². The van der Waals surface area contributed by atoms with Crippen molar-refractivity contribution in [2.75, 3.05) is 5.32 Å². The van der Waals surface area contributed by atoms with Gasteiger partial charge in [0.1, 0.15) is 11.5 Å². The van der Waals surface area contributed by atoms with Crippen molar-refractivity contribution in [3.63, 3.8) is 0 Å². The van der Waals surface area contributed by atoms with E-state index in [0.29, 0.717) is 5.69 Å². The second-order valence-corrected chi connectivity index (χ2v) is 6.31. The molecule has 7 nitrogen and oxygen atoms in total. The second kappa shape index (κ2) is 6.63. The maximum atomic E-state index is 14.7. The lowest BCUT2D eigenvalue weighted by Crippen LogP contribution is -2.49. The summed E-state index contributed by atoms with van der Waals surface area (Å²) in [4.78, 5) is 23.8. The number of nitrogens with zero attached hydrogens (tertiary/aromatic N) is 3. The van der Waals surface area contributed by atoms with Crippen molar-refractivity contribution in [2.45, 2.75) is 25.3 Å². The molecule has 0 bridgehead atoms. The summed E-state index contributed by atoms with van der Waals surface area (Å²) in [6, 6.07) is 2.65. The molecule has 1 aromatic heterocycles. The van der Waals surface area contributed by atoms with Crippen LogP contribution in [0.3, 0.4) is 0 Å². The van der Waals surface area contributed by atoms with Crippen LogP contribution in [0.5, 0.6) is 0 Å². The molecule has 3 rings (SSSR count). The third-order valence-corrected chi connectivity index (χ3v) is 4.29. The lowest BCUT2D eigenvalue weighted by atomic mass is 9.84. The lowest BCUT2D eigenvalue weighted by Gasteiger charge is -2.38. The van der Waals surface area contributed by atoms with Crippen molar-refractivity contribution in [1.82, 2.24) is 9.97 Å². The average Bonchev–Trinajstić information content (AvgIpc) is 2.62. The fourth-order valence-corrected chi connectivity index (χ4v) is 2.69. The zero-order valence-electron chi connectivity index (χ0n) is 15.0. The molecule has 1 aliphatic rings. The number of anilines is 1.